The molecular formula is C29H32N4O4. The number of benzene rings is 2. The van der Waals surface area contributed by atoms with Crippen LogP contribution < -0.4 is 20.9 Å². The number of methoxy groups -OCH3 is 1. The van der Waals surface area contributed by atoms with Crippen LogP contribution in [0.4, 0.5) is 17.1 Å². The van der Waals surface area contributed by atoms with Gasteiger partial charge in [0.25, 0.3) is 0 Å². The van der Waals surface area contributed by atoms with Crippen LogP contribution in [0.5, 0.6) is 0 Å². The molecule has 2 aromatic rings. The number of hydrogen-bond donors (Lipinski definition) is 2. The average Bonchev–Trinajstić information content (AvgIpc) is 3.09. The Labute approximate surface area is 216 Å². The molecule has 0 bridgehead atoms. The molecule has 192 valence electrons. The Morgan fingerprint density at radius 2 is 1.76 bits per heavy atom. The van der Waals surface area contributed by atoms with Gasteiger partial charge in [0.2, 0.25) is 5.91 Å². The zero-order valence-electron chi connectivity index (χ0n) is 22.1. The molecule has 8 nitrogen and oxygen atoms in total. The molecule has 3 N–H and O–H groups in total. The lowest BCUT2D eigenvalue weighted by atomic mass is 9.60. The zero-order chi connectivity index (χ0) is 26.9. The molecule has 0 aromatic heterocycles. The van der Waals surface area contributed by atoms with E-state index in [-0.39, 0.29) is 29.0 Å². The number of nitrogens with two attached hydrogens (primary N) is 1. The number of nitrogens with one attached hydrogen (secondary N) is 1. The minimum absolute atomic E-state index is 0.0413. The number of esters is 1. The van der Waals surface area contributed by atoms with Gasteiger partial charge in [0, 0.05) is 54.4 Å². The predicted octanol–water partition coefficient (Wildman–Crippen LogP) is 3.76. The number of fused-ring (bicyclic) bond motifs is 3. The van der Waals surface area contributed by atoms with Crippen LogP contribution in [0.1, 0.15) is 37.8 Å². The van der Waals surface area contributed by atoms with Crippen LogP contribution in [0.2, 0.25) is 0 Å². The van der Waals surface area contributed by atoms with E-state index in [2.05, 4.69) is 5.32 Å². The number of ketones is 1. The van der Waals surface area contributed by atoms with Gasteiger partial charge in [-0.15, -0.1) is 0 Å². The molecule has 1 aliphatic carbocycles. The highest BCUT2D eigenvalue weighted by Crippen LogP contribution is 2.57. The Kier molecular flexibility index (Phi) is 5.47. The van der Waals surface area contributed by atoms with Crippen LogP contribution in [0, 0.1) is 12.3 Å². The summed E-state index contributed by atoms with van der Waals surface area (Å²) in [5.41, 5.74) is 9.35. The minimum atomic E-state index is -1.69. The van der Waals surface area contributed by atoms with Crippen molar-refractivity contribution in [3.8, 4) is 0 Å². The summed E-state index contributed by atoms with van der Waals surface area (Å²) in [6, 6.07) is 13.2. The van der Waals surface area contributed by atoms with Crippen LogP contribution in [-0.2, 0) is 24.5 Å². The first-order valence-corrected chi connectivity index (χ1v) is 12.3. The van der Waals surface area contributed by atoms with Crippen molar-refractivity contribution in [2.45, 2.75) is 39.0 Å². The molecule has 0 saturated heterocycles. The van der Waals surface area contributed by atoms with Crippen molar-refractivity contribution in [2.24, 2.45) is 11.1 Å². The quantitative estimate of drug-likeness (QED) is 0.619. The molecule has 2 aliphatic heterocycles. The van der Waals surface area contributed by atoms with Crippen molar-refractivity contribution in [2.75, 3.05) is 36.3 Å². The second-order valence-corrected chi connectivity index (χ2v) is 11.0. The van der Waals surface area contributed by atoms with E-state index in [0.29, 0.717) is 34.6 Å². The van der Waals surface area contributed by atoms with E-state index in [1.165, 1.54) is 7.11 Å². The Bertz CT molecular complexity index is 1420. The molecule has 3 aliphatic rings. The van der Waals surface area contributed by atoms with E-state index < -0.39 is 17.3 Å². The molecule has 2 aromatic carbocycles. The number of Topliss-reactive ketones (excluding diaryl/α,β-unsaturated/α-hetero) is 1. The maximum Gasteiger partial charge on any atom is 0.339 e. The first kappa shape index (κ1) is 24.6. The molecule has 0 radical (unpaired) electrons. The second-order valence-electron chi connectivity index (χ2n) is 11.0. The van der Waals surface area contributed by atoms with Crippen molar-refractivity contribution in [3.63, 3.8) is 0 Å². The van der Waals surface area contributed by atoms with E-state index in [1.807, 2.05) is 76.2 Å². The number of rotatable bonds is 3. The highest BCUT2D eigenvalue weighted by Gasteiger charge is 2.62. The van der Waals surface area contributed by atoms with Crippen molar-refractivity contribution < 1.29 is 19.1 Å². The second kappa shape index (κ2) is 8.23. The molecule has 2 heterocycles. The fraction of sp³-hybridized carbons (Fsp3) is 0.345. The van der Waals surface area contributed by atoms with Crippen LogP contribution in [0.15, 0.2) is 65.1 Å². The van der Waals surface area contributed by atoms with E-state index in [9.17, 15) is 14.4 Å². The van der Waals surface area contributed by atoms with Gasteiger partial charge in [0.05, 0.1) is 7.11 Å². The number of ether oxygens (including phenoxy) is 1. The molecule has 1 unspecified atom stereocenters. The predicted molar refractivity (Wildman–Crippen MR) is 143 cm³/mol. The van der Waals surface area contributed by atoms with Crippen molar-refractivity contribution in [1.29, 1.82) is 0 Å². The fourth-order valence-electron chi connectivity index (χ4n) is 5.95. The van der Waals surface area contributed by atoms with Gasteiger partial charge in [-0.25, -0.2) is 4.79 Å². The third-order valence-electron chi connectivity index (χ3n) is 7.55. The normalized spacial score (nSPS) is 22.2. The van der Waals surface area contributed by atoms with Crippen LogP contribution in [0.3, 0.4) is 0 Å². The lowest BCUT2D eigenvalue weighted by Gasteiger charge is -2.47. The molecular weight excluding hydrogens is 468 g/mol. The summed E-state index contributed by atoms with van der Waals surface area (Å²) in [5, 5.41) is 2.92. The maximum atomic E-state index is 14.0. The average molecular weight is 501 g/mol. The van der Waals surface area contributed by atoms with Gasteiger partial charge >= 0.3 is 5.97 Å². The van der Waals surface area contributed by atoms with Crippen LogP contribution in [-0.4, -0.2) is 38.9 Å². The standard InChI is InChI=1S/C29H32N4O4/c1-16-7-12-20-19(13-16)29(27(36)31-20)23-21(14-28(2,3)15-22(23)34)33(25(30)24(29)26(35)37-6)18-10-8-17(9-11-18)32(4)5/h7-13H,14-15,30H2,1-6H3,(H,31,36). The third kappa shape index (κ3) is 3.46. The number of carbonyl (C=O) groups excluding carboxylic acids is 3. The van der Waals surface area contributed by atoms with Crippen LogP contribution in [0.25, 0.3) is 0 Å². The zero-order valence-corrected chi connectivity index (χ0v) is 22.1. The van der Waals surface area contributed by atoms with Gasteiger partial charge in [-0.1, -0.05) is 31.5 Å². The first-order chi connectivity index (χ1) is 17.4. The Morgan fingerprint density at radius 3 is 2.38 bits per heavy atom. The first-order valence-electron chi connectivity index (χ1n) is 12.3. The number of carbonyl (C=O) groups is 3. The van der Waals surface area contributed by atoms with Gasteiger partial charge in [0.1, 0.15) is 16.8 Å². The lowest BCUT2D eigenvalue weighted by Crippen LogP contribution is -2.54. The highest BCUT2D eigenvalue weighted by atomic mass is 16.5. The minimum Gasteiger partial charge on any atom is -0.466 e. The van der Waals surface area contributed by atoms with Gasteiger partial charge in [-0.3, -0.25) is 14.5 Å². The number of hydrogen-bond acceptors (Lipinski definition) is 7. The maximum absolute atomic E-state index is 14.0. The molecule has 0 saturated carbocycles. The number of anilines is 3. The summed E-state index contributed by atoms with van der Waals surface area (Å²) >= 11 is 0. The molecule has 1 atom stereocenters. The highest BCUT2D eigenvalue weighted by molar-refractivity contribution is 6.23. The summed E-state index contributed by atoms with van der Waals surface area (Å²) in [7, 11) is 5.15. The van der Waals surface area contributed by atoms with Gasteiger partial charge in [-0.05, 0) is 49.1 Å². The molecule has 37 heavy (non-hydrogen) atoms. The summed E-state index contributed by atoms with van der Waals surface area (Å²) in [6.45, 7) is 5.96. The van der Waals surface area contributed by atoms with E-state index in [1.54, 1.807) is 11.0 Å². The SMILES string of the molecule is COC(=O)C1=C(N)N(c2ccc(N(C)C)cc2)C2=C(C(=O)CC(C)(C)C2)C12C(=O)Nc1ccc(C)cc12. The molecule has 8 heteroatoms. The van der Waals surface area contributed by atoms with Crippen molar-refractivity contribution in [1.82, 2.24) is 0 Å². The Morgan fingerprint density at radius 1 is 1.08 bits per heavy atom. The van der Waals surface area contributed by atoms with Gasteiger partial charge in [0.15, 0.2) is 5.78 Å². The van der Waals surface area contributed by atoms with Crippen molar-refractivity contribution in [3.05, 3.63) is 76.3 Å². The summed E-state index contributed by atoms with van der Waals surface area (Å²) < 4.78 is 5.21. The number of allylic oxidation sites excluding steroid dienone is 1. The molecule has 5 rings (SSSR count). The van der Waals surface area contributed by atoms with Gasteiger partial charge in [-0.2, -0.15) is 0 Å². The summed E-state index contributed by atoms with van der Waals surface area (Å²) in [6.07, 6.45) is 0.735. The summed E-state index contributed by atoms with van der Waals surface area (Å²) in [5.74, 6) is -1.32. The Balaban J connectivity index is 1.89. The fourth-order valence-corrected chi connectivity index (χ4v) is 5.95. The van der Waals surface area contributed by atoms with E-state index in [4.69, 9.17) is 10.5 Å². The largest absolute Gasteiger partial charge is 0.466 e. The Hall–Kier alpha value is -4.07. The third-order valence-corrected chi connectivity index (χ3v) is 7.55. The van der Waals surface area contributed by atoms with E-state index >= 15 is 0 Å². The smallest absolute Gasteiger partial charge is 0.339 e. The monoisotopic (exact) mass is 500 g/mol. The van der Waals surface area contributed by atoms with Crippen molar-refractivity contribution >= 4 is 34.7 Å². The lowest BCUT2D eigenvalue weighted by molar-refractivity contribution is -0.138. The van der Waals surface area contributed by atoms with E-state index in [0.717, 1.165) is 11.3 Å². The summed E-state index contributed by atoms with van der Waals surface area (Å²) in [4.78, 5) is 45.3. The van der Waals surface area contributed by atoms with Crippen LogP contribution >= 0.6 is 0 Å². The number of nitrogens with zero attached hydrogens (tertiary/aromatic N) is 2. The number of amides is 1. The number of aryl methyl sites for hydroxylation is 1. The molecule has 1 spiro atoms. The molecule has 1 amide bonds. The van der Waals surface area contributed by atoms with Gasteiger partial charge < -0.3 is 20.7 Å². The molecule has 0 fully saturated rings. The topological polar surface area (TPSA) is 105 Å².